The van der Waals surface area contributed by atoms with E-state index in [9.17, 15) is 4.79 Å². The Morgan fingerprint density at radius 3 is 2.81 bits per heavy atom. The number of nitrogens with zero attached hydrogens (tertiary/aromatic N) is 1. The number of hydrogen-bond donors (Lipinski definition) is 1. The van der Waals surface area contributed by atoms with Crippen molar-refractivity contribution in [1.82, 2.24) is 4.90 Å². The fraction of sp³-hybridized carbons (Fsp3) is 0.381. The number of amides is 1. The van der Waals surface area contributed by atoms with Gasteiger partial charge in [0.05, 0.1) is 0 Å². The largest absolute Gasteiger partial charge is 0.445 e. The number of piperidine rings is 1. The van der Waals surface area contributed by atoms with Crippen LogP contribution in [0, 0.1) is 13.8 Å². The maximum atomic E-state index is 12.5. The van der Waals surface area contributed by atoms with E-state index in [0.717, 1.165) is 23.0 Å². The topological polar surface area (TPSA) is 41.6 Å². The van der Waals surface area contributed by atoms with Gasteiger partial charge in [0, 0.05) is 35.2 Å². The van der Waals surface area contributed by atoms with Crippen molar-refractivity contribution in [3.05, 3.63) is 63.1 Å². The highest BCUT2D eigenvalue weighted by atomic mass is 79.9. The summed E-state index contributed by atoms with van der Waals surface area (Å²) in [5, 5.41) is 3.69. The van der Waals surface area contributed by atoms with Gasteiger partial charge in [0.15, 0.2) is 0 Å². The first-order chi connectivity index (χ1) is 12.5. The number of hydrogen-bond acceptors (Lipinski definition) is 3. The second-order valence-corrected chi connectivity index (χ2v) is 8.06. The number of benzene rings is 2. The van der Waals surface area contributed by atoms with Gasteiger partial charge in [0.2, 0.25) is 0 Å². The van der Waals surface area contributed by atoms with Crippen molar-refractivity contribution in [2.75, 3.05) is 18.4 Å². The number of rotatable bonds is 2. The molecule has 136 valence electrons. The minimum Gasteiger partial charge on any atom is -0.445 e. The molecule has 0 radical (unpaired) electrons. The Kier molecular flexibility index (Phi) is 4.65. The number of likely N-dealkylation sites (tertiary alicyclic amines) is 1. The first-order valence-electron chi connectivity index (χ1n) is 9.06. The molecule has 4 nitrogen and oxygen atoms in total. The van der Waals surface area contributed by atoms with Crippen LogP contribution in [-0.2, 0) is 11.3 Å². The molecule has 4 rings (SSSR count). The molecule has 1 N–H and O–H groups in total. The maximum Gasteiger partial charge on any atom is 0.410 e. The van der Waals surface area contributed by atoms with E-state index in [1.165, 1.54) is 22.4 Å². The summed E-state index contributed by atoms with van der Waals surface area (Å²) in [6, 6.07) is 12.4. The van der Waals surface area contributed by atoms with Gasteiger partial charge in [-0.1, -0.05) is 46.3 Å². The fourth-order valence-corrected chi connectivity index (χ4v) is 4.53. The summed E-state index contributed by atoms with van der Waals surface area (Å²) in [7, 11) is 0. The Morgan fingerprint density at radius 1 is 1.27 bits per heavy atom. The van der Waals surface area contributed by atoms with Crippen molar-refractivity contribution in [1.29, 1.82) is 0 Å². The molecule has 2 heterocycles. The smallest absolute Gasteiger partial charge is 0.410 e. The quantitative estimate of drug-likeness (QED) is 0.752. The van der Waals surface area contributed by atoms with Crippen molar-refractivity contribution < 1.29 is 9.53 Å². The summed E-state index contributed by atoms with van der Waals surface area (Å²) < 4.78 is 6.67. The van der Waals surface area contributed by atoms with Crippen LogP contribution in [0.15, 0.2) is 40.9 Å². The van der Waals surface area contributed by atoms with E-state index < -0.39 is 0 Å². The minimum atomic E-state index is -0.219. The Hall–Kier alpha value is -2.01. The first-order valence-corrected chi connectivity index (χ1v) is 9.85. The van der Waals surface area contributed by atoms with E-state index in [2.05, 4.69) is 41.2 Å². The predicted octanol–water partition coefficient (Wildman–Crippen LogP) is 4.99. The summed E-state index contributed by atoms with van der Waals surface area (Å²) in [6.45, 7) is 6.05. The van der Waals surface area contributed by atoms with E-state index in [4.69, 9.17) is 4.74 Å². The van der Waals surface area contributed by atoms with Crippen LogP contribution in [0.2, 0.25) is 0 Å². The summed E-state index contributed by atoms with van der Waals surface area (Å²) >= 11 is 3.68. The van der Waals surface area contributed by atoms with Crippen molar-refractivity contribution in [2.45, 2.75) is 38.8 Å². The van der Waals surface area contributed by atoms with Crippen molar-refractivity contribution >= 4 is 27.7 Å². The fourth-order valence-electron chi connectivity index (χ4n) is 3.99. The third-order valence-electron chi connectivity index (χ3n) is 5.67. The highest BCUT2D eigenvalue weighted by Gasteiger charge is 2.39. The number of carbonyl (C=O) groups is 1. The van der Waals surface area contributed by atoms with Crippen molar-refractivity contribution in [3.8, 4) is 0 Å². The van der Waals surface area contributed by atoms with Crippen LogP contribution >= 0.6 is 15.9 Å². The number of nitrogens with one attached hydrogen (secondary N) is 1. The zero-order valence-electron chi connectivity index (χ0n) is 15.1. The van der Waals surface area contributed by atoms with Crippen molar-refractivity contribution in [3.63, 3.8) is 0 Å². The molecule has 5 heteroatoms. The zero-order chi connectivity index (χ0) is 18.3. The first kappa shape index (κ1) is 17.4. The molecule has 1 amide bonds. The van der Waals surface area contributed by atoms with Gasteiger partial charge in [0.25, 0.3) is 0 Å². The maximum absolute atomic E-state index is 12.5. The average Bonchev–Trinajstić information content (AvgIpc) is 3.03. The number of fused-ring (bicyclic) bond motifs is 3. The molecule has 0 bridgehead atoms. The van der Waals surface area contributed by atoms with E-state index in [1.54, 1.807) is 0 Å². The lowest BCUT2D eigenvalue weighted by Gasteiger charge is -2.34. The van der Waals surface area contributed by atoms with Gasteiger partial charge < -0.3 is 15.0 Å². The van der Waals surface area contributed by atoms with Crippen LogP contribution in [0.3, 0.4) is 0 Å². The monoisotopic (exact) mass is 414 g/mol. The SMILES string of the molecule is Cc1c(Br)cc2c(c1C)N[C@H]1CCN(C(=O)OCc3ccccc3)C[C@@H]21. The van der Waals surface area contributed by atoms with Crippen LogP contribution in [0.25, 0.3) is 0 Å². The molecule has 26 heavy (non-hydrogen) atoms. The van der Waals surface area contributed by atoms with Crippen LogP contribution in [0.1, 0.15) is 34.6 Å². The van der Waals surface area contributed by atoms with Gasteiger partial charge in [-0.05, 0) is 48.6 Å². The molecule has 2 atom stereocenters. The molecule has 0 spiro atoms. The standard InChI is InChI=1S/C21H23BrN2O2/c1-13-14(2)20-16(10-18(13)22)17-11-24(9-8-19(17)23-20)21(25)26-12-15-6-4-3-5-7-15/h3-7,10,17,19,23H,8-9,11-12H2,1-2H3/t17-,19-/m0/s1. The highest BCUT2D eigenvalue weighted by molar-refractivity contribution is 9.10. The Labute approximate surface area is 162 Å². The summed E-state index contributed by atoms with van der Waals surface area (Å²) in [5.74, 6) is 0.318. The third kappa shape index (κ3) is 3.09. The summed E-state index contributed by atoms with van der Waals surface area (Å²) in [5.41, 5.74) is 6.14. The van der Waals surface area contributed by atoms with Crippen LogP contribution < -0.4 is 5.32 Å². The van der Waals surface area contributed by atoms with Crippen LogP contribution in [0.4, 0.5) is 10.5 Å². The number of anilines is 1. The molecule has 0 aliphatic carbocycles. The normalized spacial score (nSPS) is 21.0. The predicted molar refractivity (Wildman–Crippen MR) is 107 cm³/mol. The van der Waals surface area contributed by atoms with E-state index in [0.29, 0.717) is 25.1 Å². The van der Waals surface area contributed by atoms with E-state index >= 15 is 0 Å². The lowest BCUT2D eigenvalue weighted by Crippen LogP contribution is -2.45. The second-order valence-electron chi connectivity index (χ2n) is 7.20. The summed E-state index contributed by atoms with van der Waals surface area (Å²) in [4.78, 5) is 14.4. The van der Waals surface area contributed by atoms with Gasteiger partial charge in [-0.25, -0.2) is 4.79 Å². The molecular formula is C21H23BrN2O2. The van der Waals surface area contributed by atoms with Crippen molar-refractivity contribution in [2.24, 2.45) is 0 Å². The molecule has 2 aromatic carbocycles. The third-order valence-corrected chi connectivity index (χ3v) is 6.50. The Balaban J connectivity index is 1.47. The molecule has 0 unspecified atom stereocenters. The summed E-state index contributed by atoms with van der Waals surface area (Å²) in [6.07, 6.45) is 0.722. The van der Waals surface area contributed by atoms with Gasteiger partial charge in [-0.2, -0.15) is 0 Å². The second kappa shape index (κ2) is 6.95. The lowest BCUT2D eigenvalue weighted by atomic mass is 9.88. The van der Waals surface area contributed by atoms with Gasteiger partial charge >= 0.3 is 6.09 Å². The van der Waals surface area contributed by atoms with Gasteiger partial charge in [-0.3, -0.25) is 0 Å². The average molecular weight is 415 g/mol. The minimum absolute atomic E-state index is 0.219. The Bertz CT molecular complexity index is 838. The molecule has 0 aromatic heterocycles. The van der Waals surface area contributed by atoms with Gasteiger partial charge in [-0.15, -0.1) is 0 Å². The lowest BCUT2D eigenvalue weighted by molar-refractivity contribution is 0.0850. The molecule has 1 saturated heterocycles. The molecule has 0 saturated carbocycles. The van der Waals surface area contributed by atoms with E-state index in [1.807, 2.05) is 35.2 Å². The molecule has 2 aliphatic rings. The highest BCUT2D eigenvalue weighted by Crippen LogP contribution is 2.44. The molecular weight excluding hydrogens is 392 g/mol. The van der Waals surface area contributed by atoms with E-state index in [-0.39, 0.29) is 6.09 Å². The Morgan fingerprint density at radius 2 is 2.04 bits per heavy atom. The molecule has 2 aromatic rings. The number of ether oxygens (including phenoxy) is 1. The van der Waals surface area contributed by atoms with Crippen LogP contribution in [0.5, 0.6) is 0 Å². The number of carbonyl (C=O) groups excluding carboxylic acids is 1. The van der Waals surface area contributed by atoms with Gasteiger partial charge in [0.1, 0.15) is 6.61 Å². The molecule has 1 fully saturated rings. The zero-order valence-corrected chi connectivity index (χ0v) is 16.7. The number of halogens is 1. The molecule has 2 aliphatic heterocycles. The van der Waals surface area contributed by atoms with Crippen LogP contribution in [-0.4, -0.2) is 30.1 Å².